The minimum Gasteiger partial charge on any atom is -0.393 e. The summed E-state index contributed by atoms with van der Waals surface area (Å²) in [7, 11) is 0. The second-order valence-corrected chi connectivity index (χ2v) is 9.44. The van der Waals surface area contributed by atoms with Crippen molar-refractivity contribution in [3.8, 4) is 12.3 Å². The van der Waals surface area contributed by atoms with Gasteiger partial charge in [0.15, 0.2) is 0 Å². The first-order valence-electron chi connectivity index (χ1n) is 9.62. The average molecular weight is 346 g/mol. The predicted molar refractivity (Wildman–Crippen MR) is 94.3 cm³/mol. The van der Waals surface area contributed by atoms with E-state index >= 15 is 0 Å². The van der Waals surface area contributed by atoms with Crippen LogP contribution < -0.4 is 0 Å². The molecular formula is C21H30O4. The fourth-order valence-corrected chi connectivity index (χ4v) is 6.95. The summed E-state index contributed by atoms with van der Waals surface area (Å²) in [5, 5.41) is 42.8. The molecule has 4 aliphatic rings. The number of aliphatic hydroxyl groups is 4. The Kier molecular flexibility index (Phi) is 3.74. The summed E-state index contributed by atoms with van der Waals surface area (Å²) in [5.74, 6) is 2.51. The Hall–Kier alpha value is -0.860. The molecule has 0 bridgehead atoms. The Morgan fingerprint density at radius 1 is 1.16 bits per heavy atom. The van der Waals surface area contributed by atoms with Gasteiger partial charge in [0.25, 0.3) is 0 Å². The monoisotopic (exact) mass is 346 g/mol. The topological polar surface area (TPSA) is 80.9 Å². The zero-order chi connectivity index (χ0) is 18.2. The molecule has 4 nitrogen and oxygen atoms in total. The van der Waals surface area contributed by atoms with Crippen LogP contribution in [0.25, 0.3) is 0 Å². The molecule has 3 fully saturated rings. The summed E-state index contributed by atoms with van der Waals surface area (Å²) < 4.78 is 0. The average Bonchev–Trinajstić information content (AvgIpc) is 2.76. The summed E-state index contributed by atoms with van der Waals surface area (Å²) in [6.45, 7) is 4.24. The number of hydrogen-bond acceptors (Lipinski definition) is 4. The zero-order valence-electron chi connectivity index (χ0n) is 15.2. The Morgan fingerprint density at radius 2 is 1.88 bits per heavy atom. The fourth-order valence-electron chi connectivity index (χ4n) is 6.95. The van der Waals surface area contributed by atoms with E-state index in [-0.39, 0.29) is 35.7 Å². The third kappa shape index (κ3) is 2.10. The highest BCUT2D eigenvalue weighted by molar-refractivity contribution is 5.31. The van der Waals surface area contributed by atoms with Crippen molar-refractivity contribution < 1.29 is 20.4 Å². The van der Waals surface area contributed by atoms with Crippen LogP contribution in [0.1, 0.15) is 52.4 Å². The van der Waals surface area contributed by atoms with Crippen LogP contribution in [0.5, 0.6) is 0 Å². The van der Waals surface area contributed by atoms with Crippen molar-refractivity contribution >= 4 is 0 Å². The van der Waals surface area contributed by atoms with Crippen LogP contribution in [0.4, 0.5) is 0 Å². The first-order valence-corrected chi connectivity index (χ1v) is 9.62. The second-order valence-electron chi connectivity index (χ2n) is 9.44. The first kappa shape index (κ1) is 17.5. The summed E-state index contributed by atoms with van der Waals surface area (Å²) >= 11 is 0. The van der Waals surface area contributed by atoms with Gasteiger partial charge in [0.05, 0.1) is 18.3 Å². The van der Waals surface area contributed by atoms with E-state index < -0.39 is 23.2 Å². The molecule has 0 radical (unpaired) electrons. The maximum atomic E-state index is 11.0. The van der Waals surface area contributed by atoms with Crippen LogP contribution >= 0.6 is 0 Å². The summed E-state index contributed by atoms with van der Waals surface area (Å²) in [4.78, 5) is 0. The number of rotatable bonds is 0. The highest BCUT2D eigenvalue weighted by atomic mass is 16.3. The zero-order valence-corrected chi connectivity index (χ0v) is 15.2. The van der Waals surface area contributed by atoms with Crippen LogP contribution in [0.2, 0.25) is 0 Å². The molecule has 4 N–H and O–H groups in total. The van der Waals surface area contributed by atoms with Crippen LogP contribution in [-0.4, -0.2) is 44.3 Å². The van der Waals surface area contributed by atoms with E-state index in [1.165, 1.54) is 5.57 Å². The SMILES string of the molecule is C#C[C@]1(O)C[C@@H](O)C2C3C(CC[C@@]21C)[C@@]1(C)CC[C@@H](O)CC1=C[C@@H]3O. The highest BCUT2D eigenvalue weighted by Gasteiger charge is 2.67. The Morgan fingerprint density at radius 3 is 2.56 bits per heavy atom. The van der Waals surface area contributed by atoms with Gasteiger partial charge in [0, 0.05) is 11.8 Å². The Balaban J connectivity index is 1.78. The molecule has 3 saturated carbocycles. The van der Waals surface area contributed by atoms with Gasteiger partial charge in [-0.2, -0.15) is 0 Å². The van der Waals surface area contributed by atoms with E-state index in [0.29, 0.717) is 6.42 Å². The van der Waals surface area contributed by atoms with Crippen molar-refractivity contribution in [1.29, 1.82) is 0 Å². The molecule has 0 aliphatic heterocycles. The van der Waals surface area contributed by atoms with Gasteiger partial charge in [0.2, 0.25) is 0 Å². The molecule has 0 spiro atoms. The molecule has 0 amide bonds. The number of aliphatic hydroxyl groups excluding tert-OH is 3. The molecule has 0 aromatic rings. The minimum absolute atomic E-state index is 0.0406. The highest BCUT2D eigenvalue weighted by Crippen LogP contribution is 2.66. The van der Waals surface area contributed by atoms with Crippen molar-refractivity contribution in [2.45, 2.75) is 76.3 Å². The lowest BCUT2D eigenvalue weighted by molar-refractivity contribution is -0.136. The molecule has 25 heavy (non-hydrogen) atoms. The van der Waals surface area contributed by atoms with Crippen molar-refractivity contribution in [2.24, 2.45) is 28.6 Å². The quantitative estimate of drug-likeness (QED) is 0.397. The Labute approximate surface area is 150 Å². The lowest BCUT2D eigenvalue weighted by Gasteiger charge is -2.59. The number of hydrogen-bond donors (Lipinski definition) is 4. The molecule has 4 heteroatoms. The van der Waals surface area contributed by atoms with Gasteiger partial charge in [0.1, 0.15) is 5.60 Å². The van der Waals surface area contributed by atoms with E-state index in [9.17, 15) is 20.4 Å². The van der Waals surface area contributed by atoms with E-state index in [4.69, 9.17) is 6.42 Å². The summed E-state index contributed by atoms with van der Waals surface area (Å²) in [6, 6.07) is 0. The van der Waals surface area contributed by atoms with Crippen LogP contribution in [0.3, 0.4) is 0 Å². The molecule has 138 valence electrons. The van der Waals surface area contributed by atoms with Crippen molar-refractivity contribution in [2.75, 3.05) is 0 Å². The fraction of sp³-hybridized carbons (Fsp3) is 0.810. The number of terminal acetylenes is 1. The largest absolute Gasteiger partial charge is 0.393 e. The van der Waals surface area contributed by atoms with Crippen molar-refractivity contribution in [3.63, 3.8) is 0 Å². The summed E-state index contributed by atoms with van der Waals surface area (Å²) in [5.41, 5.74) is -0.751. The van der Waals surface area contributed by atoms with Gasteiger partial charge >= 0.3 is 0 Å². The predicted octanol–water partition coefficient (Wildman–Crippen LogP) is 1.62. The molecule has 3 unspecified atom stereocenters. The molecule has 4 aliphatic carbocycles. The van der Waals surface area contributed by atoms with Crippen LogP contribution in [0, 0.1) is 40.9 Å². The van der Waals surface area contributed by atoms with Gasteiger partial charge in [-0.1, -0.05) is 31.4 Å². The molecular weight excluding hydrogens is 316 g/mol. The number of fused-ring (bicyclic) bond motifs is 5. The second kappa shape index (κ2) is 5.33. The molecule has 0 aromatic heterocycles. The third-order valence-corrected chi connectivity index (χ3v) is 8.46. The first-order chi connectivity index (χ1) is 11.7. The van der Waals surface area contributed by atoms with E-state index in [2.05, 4.69) is 12.8 Å². The van der Waals surface area contributed by atoms with Crippen LogP contribution in [0.15, 0.2) is 11.6 Å². The maximum Gasteiger partial charge on any atom is 0.133 e. The molecule has 9 atom stereocenters. The van der Waals surface area contributed by atoms with Gasteiger partial charge in [-0.15, -0.1) is 6.42 Å². The molecule has 4 rings (SSSR count). The van der Waals surface area contributed by atoms with Gasteiger partial charge < -0.3 is 20.4 Å². The maximum absolute atomic E-state index is 11.0. The van der Waals surface area contributed by atoms with E-state index in [1.54, 1.807) is 0 Å². The minimum atomic E-state index is -1.31. The third-order valence-electron chi connectivity index (χ3n) is 8.46. The molecule has 0 heterocycles. The van der Waals surface area contributed by atoms with Crippen LogP contribution in [-0.2, 0) is 0 Å². The molecule has 0 aromatic carbocycles. The normalized spacial score (nSPS) is 57.7. The molecule has 0 saturated heterocycles. The lowest BCUT2D eigenvalue weighted by atomic mass is 9.46. The van der Waals surface area contributed by atoms with Crippen molar-refractivity contribution in [3.05, 3.63) is 11.6 Å². The van der Waals surface area contributed by atoms with Gasteiger partial charge in [-0.3, -0.25) is 0 Å². The standard InChI is InChI=1S/C21H30O4/c1-4-21(25)11-16(24)18-17-14(6-8-20(18,21)3)19(2)7-5-13(22)9-12(19)10-15(17)23/h1,10,13-18,22-25H,5-9,11H2,2-3H3/t13-,14?,15+,16-,17?,18?,19+,20+,21+/m1/s1. The Bertz CT molecular complexity index is 651. The lowest BCUT2D eigenvalue weighted by Crippen LogP contribution is -2.58. The van der Waals surface area contributed by atoms with Gasteiger partial charge in [-0.25, -0.2) is 0 Å². The van der Waals surface area contributed by atoms with Crippen molar-refractivity contribution in [1.82, 2.24) is 0 Å². The van der Waals surface area contributed by atoms with E-state index in [1.807, 2.05) is 13.0 Å². The summed E-state index contributed by atoms with van der Waals surface area (Å²) in [6.07, 6.45) is 10.1. The smallest absolute Gasteiger partial charge is 0.133 e. The van der Waals surface area contributed by atoms with Gasteiger partial charge in [-0.05, 0) is 55.3 Å². The van der Waals surface area contributed by atoms with E-state index in [0.717, 1.165) is 25.7 Å².